The number of amides is 1. The van der Waals surface area contributed by atoms with Crippen LogP contribution in [0.2, 0.25) is 10.0 Å². The predicted octanol–water partition coefficient (Wildman–Crippen LogP) is 3.03. The summed E-state index contributed by atoms with van der Waals surface area (Å²) in [6, 6.07) is 4.99. The van der Waals surface area contributed by atoms with Gasteiger partial charge in [0.25, 0.3) is 0 Å². The Morgan fingerprint density at radius 2 is 2.08 bits per heavy atom. The van der Waals surface area contributed by atoms with Gasteiger partial charge in [0.15, 0.2) is 0 Å². The first-order chi connectivity index (χ1) is 11.4. The summed E-state index contributed by atoms with van der Waals surface area (Å²) < 4.78 is 4.68. The van der Waals surface area contributed by atoms with Crippen molar-refractivity contribution in [3.63, 3.8) is 0 Å². The largest absolute Gasteiger partial charge is 0.469 e. The van der Waals surface area contributed by atoms with Crippen LogP contribution in [-0.4, -0.2) is 48.7 Å². The molecular weight excluding hydrogens is 353 g/mol. The molecule has 0 aliphatic rings. The number of benzene rings is 1. The van der Waals surface area contributed by atoms with E-state index < -0.39 is 5.92 Å². The number of hydrogen-bond donors (Lipinski definition) is 1. The number of halogens is 2. The van der Waals surface area contributed by atoms with Crippen molar-refractivity contribution >= 4 is 41.2 Å². The molecule has 1 aromatic carbocycles. The van der Waals surface area contributed by atoms with Gasteiger partial charge in [-0.15, -0.1) is 0 Å². The highest BCUT2D eigenvalue weighted by molar-refractivity contribution is 6.35. The Hall–Kier alpha value is -1.56. The average Bonchev–Trinajstić information content (AvgIpc) is 2.56. The van der Waals surface area contributed by atoms with Crippen molar-refractivity contribution in [2.75, 3.05) is 26.8 Å². The van der Waals surface area contributed by atoms with E-state index in [0.717, 1.165) is 0 Å². The van der Waals surface area contributed by atoms with Crippen LogP contribution in [-0.2, 0) is 14.3 Å². The van der Waals surface area contributed by atoms with Gasteiger partial charge in [-0.1, -0.05) is 36.2 Å². The molecule has 0 spiro atoms. The number of esters is 1. The van der Waals surface area contributed by atoms with E-state index in [9.17, 15) is 9.59 Å². The number of aliphatic hydroxyl groups is 1. The normalized spacial score (nSPS) is 12.2. The van der Waals surface area contributed by atoms with E-state index in [-0.39, 0.29) is 25.0 Å². The number of aliphatic hydroxyl groups excluding tert-OH is 1. The highest BCUT2D eigenvalue weighted by atomic mass is 35.5. The van der Waals surface area contributed by atoms with Crippen molar-refractivity contribution in [1.82, 2.24) is 4.90 Å². The molecule has 0 heterocycles. The second-order valence-electron chi connectivity index (χ2n) is 5.28. The van der Waals surface area contributed by atoms with Gasteiger partial charge in [0.05, 0.1) is 13.0 Å². The minimum Gasteiger partial charge on any atom is -0.469 e. The fourth-order valence-electron chi connectivity index (χ4n) is 2.06. The van der Waals surface area contributed by atoms with E-state index in [1.54, 1.807) is 31.2 Å². The van der Waals surface area contributed by atoms with Crippen molar-refractivity contribution in [3.05, 3.63) is 39.9 Å². The second kappa shape index (κ2) is 10.3. The van der Waals surface area contributed by atoms with Crippen LogP contribution in [0.15, 0.2) is 24.3 Å². The molecule has 0 aliphatic heterocycles. The summed E-state index contributed by atoms with van der Waals surface area (Å²) in [6.07, 6.45) is 3.40. The number of rotatable bonds is 8. The molecule has 0 radical (unpaired) electrons. The molecule has 0 fully saturated rings. The first-order valence-electron chi connectivity index (χ1n) is 7.49. The minimum atomic E-state index is -0.454. The molecule has 1 aromatic rings. The van der Waals surface area contributed by atoms with Crippen LogP contribution in [0.1, 0.15) is 18.9 Å². The molecule has 5 nitrogen and oxygen atoms in total. The summed E-state index contributed by atoms with van der Waals surface area (Å²) in [6.45, 7) is 2.20. The SMILES string of the molecule is COC(=O)C(C)CN(CCCO)C(=O)/C=C/c1ccc(Cl)cc1Cl. The molecule has 1 amide bonds. The zero-order chi connectivity index (χ0) is 18.1. The lowest BCUT2D eigenvalue weighted by Gasteiger charge is -2.23. The fourth-order valence-corrected chi connectivity index (χ4v) is 2.53. The average molecular weight is 374 g/mol. The maximum absolute atomic E-state index is 12.4. The molecule has 1 rings (SSSR count). The van der Waals surface area contributed by atoms with Crippen molar-refractivity contribution < 1.29 is 19.4 Å². The smallest absolute Gasteiger partial charge is 0.310 e. The van der Waals surface area contributed by atoms with Gasteiger partial charge in [-0.05, 0) is 30.2 Å². The number of ether oxygens (including phenoxy) is 1. The van der Waals surface area contributed by atoms with Crippen molar-refractivity contribution in [2.45, 2.75) is 13.3 Å². The van der Waals surface area contributed by atoms with Gasteiger partial charge < -0.3 is 14.7 Å². The van der Waals surface area contributed by atoms with Crippen LogP contribution in [0.5, 0.6) is 0 Å². The van der Waals surface area contributed by atoms with Crippen LogP contribution in [0.3, 0.4) is 0 Å². The van der Waals surface area contributed by atoms with Crippen molar-refractivity contribution in [2.24, 2.45) is 5.92 Å². The van der Waals surface area contributed by atoms with Crippen LogP contribution in [0, 0.1) is 5.92 Å². The third-order valence-corrected chi connectivity index (χ3v) is 3.93. The Morgan fingerprint density at radius 3 is 2.67 bits per heavy atom. The summed E-state index contributed by atoms with van der Waals surface area (Å²) in [5.41, 5.74) is 0.664. The Morgan fingerprint density at radius 1 is 1.38 bits per heavy atom. The van der Waals surface area contributed by atoms with E-state index in [1.807, 2.05) is 0 Å². The van der Waals surface area contributed by atoms with Gasteiger partial charge in [-0.2, -0.15) is 0 Å². The molecule has 0 aliphatic carbocycles. The van der Waals surface area contributed by atoms with Gasteiger partial charge in [0.1, 0.15) is 0 Å². The first-order valence-corrected chi connectivity index (χ1v) is 8.25. The van der Waals surface area contributed by atoms with Gasteiger partial charge in [0, 0.05) is 35.8 Å². The molecule has 0 bridgehead atoms. The standard InChI is InChI=1S/C17H21Cl2NO4/c1-12(17(23)24-2)11-20(8-3-9-21)16(22)7-5-13-4-6-14(18)10-15(13)19/h4-7,10,12,21H,3,8-9,11H2,1-2H3/b7-5+. The highest BCUT2D eigenvalue weighted by Crippen LogP contribution is 2.22. The molecule has 132 valence electrons. The first kappa shape index (κ1) is 20.5. The number of methoxy groups -OCH3 is 1. The lowest BCUT2D eigenvalue weighted by Crippen LogP contribution is -2.37. The molecule has 24 heavy (non-hydrogen) atoms. The molecule has 0 saturated carbocycles. The zero-order valence-corrected chi connectivity index (χ0v) is 15.2. The maximum Gasteiger partial charge on any atom is 0.310 e. The lowest BCUT2D eigenvalue weighted by molar-refractivity contribution is -0.146. The summed E-state index contributed by atoms with van der Waals surface area (Å²) in [5.74, 6) is -1.11. The van der Waals surface area contributed by atoms with Crippen LogP contribution in [0.25, 0.3) is 6.08 Å². The summed E-state index contributed by atoms with van der Waals surface area (Å²) in [5, 5.41) is 9.93. The van der Waals surface area contributed by atoms with E-state index >= 15 is 0 Å². The number of carbonyl (C=O) groups is 2. The molecule has 7 heteroatoms. The number of nitrogens with zero attached hydrogens (tertiary/aromatic N) is 1. The molecule has 1 N–H and O–H groups in total. The highest BCUT2D eigenvalue weighted by Gasteiger charge is 2.20. The minimum absolute atomic E-state index is 0.0386. The van der Waals surface area contributed by atoms with Gasteiger partial charge in [-0.25, -0.2) is 0 Å². The summed E-state index contributed by atoms with van der Waals surface area (Å²) in [4.78, 5) is 25.4. The maximum atomic E-state index is 12.4. The fraction of sp³-hybridized carbons (Fsp3) is 0.412. The zero-order valence-electron chi connectivity index (χ0n) is 13.7. The summed E-state index contributed by atoms with van der Waals surface area (Å²) >= 11 is 11.9. The molecule has 1 atom stereocenters. The quantitative estimate of drug-likeness (QED) is 0.561. The topological polar surface area (TPSA) is 66.8 Å². The number of carbonyl (C=O) groups excluding carboxylic acids is 2. The third-order valence-electron chi connectivity index (χ3n) is 3.36. The summed E-state index contributed by atoms with van der Waals surface area (Å²) in [7, 11) is 1.31. The Kier molecular flexibility index (Phi) is 8.82. The lowest BCUT2D eigenvalue weighted by atomic mass is 10.1. The molecular formula is C17H21Cl2NO4. The molecule has 0 aromatic heterocycles. The second-order valence-corrected chi connectivity index (χ2v) is 6.13. The monoisotopic (exact) mass is 373 g/mol. The molecule has 1 unspecified atom stereocenters. The van der Waals surface area contributed by atoms with Gasteiger partial charge >= 0.3 is 5.97 Å². The molecule has 0 saturated heterocycles. The third kappa shape index (κ3) is 6.51. The Bertz CT molecular complexity index is 604. The van der Waals surface area contributed by atoms with E-state index in [1.165, 1.54) is 18.1 Å². The van der Waals surface area contributed by atoms with Gasteiger partial charge in [-0.3, -0.25) is 9.59 Å². The van der Waals surface area contributed by atoms with E-state index in [4.69, 9.17) is 28.3 Å². The Balaban J connectivity index is 2.82. The number of hydrogen-bond acceptors (Lipinski definition) is 4. The van der Waals surface area contributed by atoms with Crippen LogP contribution < -0.4 is 0 Å². The van der Waals surface area contributed by atoms with Crippen molar-refractivity contribution in [1.29, 1.82) is 0 Å². The van der Waals surface area contributed by atoms with Crippen LogP contribution >= 0.6 is 23.2 Å². The van der Waals surface area contributed by atoms with E-state index in [0.29, 0.717) is 28.6 Å². The van der Waals surface area contributed by atoms with E-state index in [2.05, 4.69) is 4.74 Å². The van der Waals surface area contributed by atoms with Crippen LogP contribution in [0.4, 0.5) is 0 Å². The Labute approximate surface area is 151 Å². The van der Waals surface area contributed by atoms with Gasteiger partial charge in [0.2, 0.25) is 5.91 Å². The van der Waals surface area contributed by atoms with Crippen molar-refractivity contribution in [3.8, 4) is 0 Å². The predicted molar refractivity (Wildman–Crippen MR) is 95.0 cm³/mol.